The second-order valence-corrected chi connectivity index (χ2v) is 3.94. The zero-order chi connectivity index (χ0) is 9.84. The van der Waals surface area contributed by atoms with Crippen LogP contribution in [0.3, 0.4) is 0 Å². The third-order valence-electron chi connectivity index (χ3n) is 2.51. The molecule has 0 heterocycles. The molecule has 72 valence electrons. The predicted octanol–water partition coefficient (Wildman–Crippen LogP) is 2.73. The zero-order valence-corrected chi connectivity index (χ0v) is 8.62. The Balaban J connectivity index is 2.86. The fraction of sp³-hybridized carbons (Fsp3) is 0.500. The highest BCUT2D eigenvalue weighted by Crippen LogP contribution is 2.23. The second kappa shape index (κ2) is 4.43. The van der Waals surface area contributed by atoms with Crippen molar-refractivity contribution in [3.63, 3.8) is 0 Å². The van der Waals surface area contributed by atoms with Gasteiger partial charge >= 0.3 is 0 Å². The maximum absolute atomic E-state index is 9.22. The molecule has 0 bridgehead atoms. The van der Waals surface area contributed by atoms with Gasteiger partial charge in [0, 0.05) is 5.92 Å². The largest absolute Gasteiger partial charge is 0.396 e. The van der Waals surface area contributed by atoms with Crippen LogP contribution in [-0.4, -0.2) is 11.7 Å². The van der Waals surface area contributed by atoms with Gasteiger partial charge in [-0.1, -0.05) is 43.7 Å². The number of hydrogen-bond donors (Lipinski definition) is 1. The van der Waals surface area contributed by atoms with E-state index in [1.54, 1.807) is 0 Å². The first kappa shape index (κ1) is 10.3. The van der Waals surface area contributed by atoms with Crippen molar-refractivity contribution in [3.8, 4) is 0 Å². The van der Waals surface area contributed by atoms with Crippen LogP contribution in [0.25, 0.3) is 0 Å². The van der Waals surface area contributed by atoms with E-state index < -0.39 is 0 Å². The minimum Gasteiger partial charge on any atom is -0.396 e. The van der Waals surface area contributed by atoms with Crippen molar-refractivity contribution in [1.82, 2.24) is 0 Å². The van der Waals surface area contributed by atoms with Gasteiger partial charge in [-0.3, -0.25) is 0 Å². The highest BCUT2D eigenvalue weighted by Gasteiger charge is 2.13. The van der Waals surface area contributed by atoms with Gasteiger partial charge in [-0.15, -0.1) is 0 Å². The summed E-state index contributed by atoms with van der Waals surface area (Å²) in [6.07, 6.45) is 0. The molecule has 1 heteroatoms. The predicted molar refractivity (Wildman–Crippen MR) is 55.8 cm³/mol. The first-order chi connectivity index (χ1) is 6.15. The average Bonchev–Trinajstić information content (AvgIpc) is 2.09. The van der Waals surface area contributed by atoms with E-state index in [1.165, 1.54) is 11.1 Å². The number of hydrogen-bond acceptors (Lipinski definition) is 1. The van der Waals surface area contributed by atoms with Gasteiger partial charge in [-0.25, -0.2) is 0 Å². The number of aliphatic hydroxyl groups is 1. The van der Waals surface area contributed by atoms with Gasteiger partial charge in [0.15, 0.2) is 0 Å². The molecule has 0 saturated heterocycles. The number of aryl methyl sites for hydroxylation is 1. The molecule has 0 saturated carbocycles. The molecule has 1 aromatic rings. The minimum absolute atomic E-state index is 0.237. The van der Waals surface area contributed by atoms with Crippen molar-refractivity contribution in [2.45, 2.75) is 26.7 Å². The first-order valence-electron chi connectivity index (χ1n) is 4.82. The Hall–Kier alpha value is -0.820. The van der Waals surface area contributed by atoms with Crippen LogP contribution in [0.4, 0.5) is 0 Å². The van der Waals surface area contributed by atoms with Gasteiger partial charge in [-0.05, 0) is 18.4 Å². The fourth-order valence-electron chi connectivity index (χ4n) is 1.51. The topological polar surface area (TPSA) is 20.2 Å². The lowest BCUT2D eigenvalue weighted by Gasteiger charge is -2.18. The molecule has 1 atom stereocenters. The van der Waals surface area contributed by atoms with E-state index in [9.17, 15) is 5.11 Å². The minimum atomic E-state index is 0.237. The van der Waals surface area contributed by atoms with E-state index in [4.69, 9.17) is 0 Å². The number of benzene rings is 1. The Labute approximate surface area is 80.4 Å². The lowest BCUT2D eigenvalue weighted by Crippen LogP contribution is -2.10. The maximum Gasteiger partial charge on any atom is 0.0502 e. The first-order valence-corrected chi connectivity index (χ1v) is 4.82. The molecule has 13 heavy (non-hydrogen) atoms. The van der Waals surface area contributed by atoms with Gasteiger partial charge in [-0.2, -0.15) is 0 Å². The molecule has 0 aliphatic carbocycles. The van der Waals surface area contributed by atoms with Crippen LogP contribution in [0.1, 0.15) is 30.9 Å². The van der Waals surface area contributed by atoms with Crippen molar-refractivity contribution >= 4 is 0 Å². The van der Waals surface area contributed by atoms with Crippen LogP contribution in [-0.2, 0) is 0 Å². The van der Waals surface area contributed by atoms with Crippen molar-refractivity contribution < 1.29 is 5.11 Å². The van der Waals surface area contributed by atoms with Crippen molar-refractivity contribution in [2.24, 2.45) is 5.92 Å². The lowest BCUT2D eigenvalue weighted by molar-refractivity contribution is 0.237. The van der Waals surface area contributed by atoms with Crippen LogP contribution < -0.4 is 0 Å². The molecule has 0 amide bonds. The van der Waals surface area contributed by atoms with Crippen molar-refractivity contribution in [3.05, 3.63) is 35.4 Å². The van der Waals surface area contributed by atoms with Crippen LogP contribution >= 0.6 is 0 Å². The van der Waals surface area contributed by atoms with Crippen molar-refractivity contribution in [2.75, 3.05) is 6.61 Å². The van der Waals surface area contributed by atoms with Crippen LogP contribution in [0.2, 0.25) is 0 Å². The van der Waals surface area contributed by atoms with Crippen LogP contribution in [0, 0.1) is 12.8 Å². The van der Waals surface area contributed by atoms with Gasteiger partial charge in [0.2, 0.25) is 0 Å². The fourth-order valence-corrected chi connectivity index (χ4v) is 1.51. The van der Waals surface area contributed by atoms with E-state index in [2.05, 4.69) is 45.0 Å². The Morgan fingerprint density at radius 3 is 2.08 bits per heavy atom. The Morgan fingerprint density at radius 1 is 1.15 bits per heavy atom. The number of rotatable bonds is 3. The van der Waals surface area contributed by atoms with Gasteiger partial charge in [0.25, 0.3) is 0 Å². The molecule has 0 fully saturated rings. The molecule has 1 aromatic carbocycles. The molecule has 1 unspecified atom stereocenters. The Kier molecular flexibility index (Phi) is 3.49. The summed E-state index contributed by atoms with van der Waals surface area (Å²) >= 11 is 0. The monoisotopic (exact) mass is 178 g/mol. The third-order valence-corrected chi connectivity index (χ3v) is 2.51. The lowest BCUT2D eigenvalue weighted by atomic mass is 9.89. The van der Waals surface area contributed by atoms with E-state index in [-0.39, 0.29) is 12.5 Å². The molecule has 1 rings (SSSR count). The Bertz CT molecular complexity index is 248. The SMILES string of the molecule is Cc1ccc(C(CO)C(C)C)cc1. The molecule has 0 aliphatic heterocycles. The standard InChI is InChI=1S/C12H18O/c1-9(2)12(8-13)11-6-4-10(3)5-7-11/h4-7,9,12-13H,8H2,1-3H3. The highest BCUT2D eigenvalue weighted by atomic mass is 16.3. The van der Waals surface area contributed by atoms with Gasteiger partial charge in [0.1, 0.15) is 0 Å². The second-order valence-electron chi connectivity index (χ2n) is 3.94. The maximum atomic E-state index is 9.22. The van der Waals surface area contributed by atoms with E-state index >= 15 is 0 Å². The van der Waals surface area contributed by atoms with E-state index in [0.29, 0.717) is 5.92 Å². The summed E-state index contributed by atoms with van der Waals surface area (Å²) in [5, 5.41) is 9.22. The summed E-state index contributed by atoms with van der Waals surface area (Å²) in [7, 11) is 0. The molecule has 0 spiro atoms. The normalized spacial score (nSPS) is 13.3. The summed E-state index contributed by atoms with van der Waals surface area (Å²) in [6, 6.07) is 8.41. The van der Waals surface area contributed by atoms with E-state index in [1.807, 2.05) is 0 Å². The van der Waals surface area contributed by atoms with Crippen LogP contribution in [0.15, 0.2) is 24.3 Å². The quantitative estimate of drug-likeness (QED) is 0.754. The molecular weight excluding hydrogens is 160 g/mol. The average molecular weight is 178 g/mol. The smallest absolute Gasteiger partial charge is 0.0502 e. The molecule has 1 N–H and O–H groups in total. The third kappa shape index (κ3) is 2.56. The summed E-state index contributed by atoms with van der Waals surface area (Å²) in [4.78, 5) is 0. The summed E-state index contributed by atoms with van der Waals surface area (Å²) in [6.45, 7) is 6.59. The van der Waals surface area contributed by atoms with E-state index in [0.717, 1.165) is 0 Å². The van der Waals surface area contributed by atoms with Gasteiger partial charge < -0.3 is 5.11 Å². The summed E-state index contributed by atoms with van der Waals surface area (Å²) < 4.78 is 0. The molecule has 0 radical (unpaired) electrons. The van der Waals surface area contributed by atoms with Crippen LogP contribution in [0.5, 0.6) is 0 Å². The van der Waals surface area contributed by atoms with Gasteiger partial charge in [0.05, 0.1) is 6.61 Å². The summed E-state index contributed by atoms with van der Waals surface area (Å²) in [5.74, 6) is 0.772. The zero-order valence-electron chi connectivity index (χ0n) is 8.62. The van der Waals surface area contributed by atoms with Crippen molar-refractivity contribution in [1.29, 1.82) is 0 Å². The summed E-state index contributed by atoms with van der Waals surface area (Å²) in [5.41, 5.74) is 2.51. The highest BCUT2D eigenvalue weighted by molar-refractivity contribution is 5.24. The molecular formula is C12H18O. The molecule has 0 aromatic heterocycles. The molecule has 1 nitrogen and oxygen atoms in total. The molecule has 0 aliphatic rings. The number of aliphatic hydroxyl groups excluding tert-OH is 1. The Morgan fingerprint density at radius 2 is 1.69 bits per heavy atom.